The maximum Gasteiger partial charge on any atom is 0.404 e. The Bertz CT molecular complexity index is 1340. The predicted octanol–water partition coefficient (Wildman–Crippen LogP) is 4.05. The van der Waals surface area contributed by atoms with Crippen LogP contribution in [0.5, 0.6) is 0 Å². The highest BCUT2D eigenvalue weighted by Gasteiger charge is 2.23. The van der Waals surface area contributed by atoms with Crippen molar-refractivity contribution in [3.05, 3.63) is 66.6 Å². The molecule has 4 aromatic rings. The molecule has 0 unspecified atom stereocenters. The molecule has 1 fully saturated rings. The van der Waals surface area contributed by atoms with Gasteiger partial charge in [-0.2, -0.15) is 9.61 Å². The lowest BCUT2D eigenvalue weighted by molar-refractivity contribution is 0.188. The number of hydrogen-bond donors (Lipinski definition) is 3. The summed E-state index contributed by atoms with van der Waals surface area (Å²) in [5.74, 6) is -1.06. The maximum atomic E-state index is 14.3. The van der Waals surface area contributed by atoms with Crippen LogP contribution in [-0.4, -0.2) is 49.9 Å². The summed E-state index contributed by atoms with van der Waals surface area (Å²) in [7, 11) is 0. The number of nitrogens with one attached hydrogen (secondary N) is 2. The highest BCUT2D eigenvalue weighted by molar-refractivity contribution is 5.74. The van der Waals surface area contributed by atoms with E-state index in [-0.39, 0.29) is 17.3 Å². The van der Waals surface area contributed by atoms with E-state index in [2.05, 4.69) is 30.6 Å². The largest absolute Gasteiger partial charge is 0.465 e. The van der Waals surface area contributed by atoms with Gasteiger partial charge in [0.15, 0.2) is 0 Å². The van der Waals surface area contributed by atoms with Crippen LogP contribution in [-0.2, 0) is 0 Å². The van der Waals surface area contributed by atoms with Gasteiger partial charge >= 0.3 is 6.09 Å². The van der Waals surface area contributed by atoms with E-state index in [1.165, 1.54) is 22.7 Å². The van der Waals surface area contributed by atoms with E-state index in [4.69, 9.17) is 5.11 Å². The number of nitrogens with zero attached hydrogens (tertiary/aromatic N) is 5. The van der Waals surface area contributed by atoms with Crippen molar-refractivity contribution in [3.63, 3.8) is 0 Å². The summed E-state index contributed by atoms with van der Waals surface area (Å²) in [6.45, 7) is 1.27. The molecule has 4 heterocycles. The summed E-state index contributed by atoms with van der Waals surface area (Å²) in [5, 5.41) is 19.3. The number of anilines is 3. The lowest BCUT2D eigenvalue weighted by Crippen LogP contribution is -2.47. The molecule has 0 radical (unpaired) electrons. The van der Waals surface area contributed by atoms with Crippen LogP contribution in [0.4, 0.5) is 30.9 Å². The molecule has 1 aromatic carbocycles. The number of piperidine rings is 1. The quantitative estimate of drug-likeness (QED) is 0.408. The zero-order valence-electron chi connectivity index (χ0n) is 17.9. The first-order chi connectivity index (χ1) is 16.5. The first-order valence-corrected chi connectivity index (χ1v) is 10.7. The Hall–Kier alpha value is -4.28. The molecule has 1 atom stereocenters. The number of fused-ring (bicyclic) bond motifs is 1. The van der Waals surface area contributed by atoms with E-state index in [1.807, 2.05) is 6.07 Å². The second-order valence-electron chi connectivity index (χ2n) is 7.99. The molecule has 0 saturated carbocycles. The summed E-state index contributed by atoms with van der Waals surface area (Å²) in [4.78, 5) is 21.7. The summed E-state index contributed by atoms with van der Waals surface area (Å²) in [5.41, 5.74) is 2.04. The first-order valence-electron chi connectivity index (χ1n) is 10.7. The number of hydrogen-bond acceptors (Lipinski definition) is 6. The number of aromatic nitrogens is 4. The molecule has 0 bridgehead atoms. The fourth-order valence-corrected chi connectivity index (χ4v) is 4.21. The average molecular weight is 465 g/mol. The molecular weight excluding hydrogens is 444 g/mol. The first kappa shape index (κ1) is 21.6. The molecule has 1 saturated heterocycles. The van der Waals surface area contributed by atoms with Crippen molar-refractivity contribution in [2.75, 3.05) is 23.3 Å². The average Bonchev–Trinajstić information content (AvgIpc) is 3.21. The van der Waals surface area contributed by atoms with Crippen LogP contribution in [0.25, 0.3) is 16.8 Å². The summed E-state index contributed by atoms with van der Waals surface area (Å²) in [6, 6.07) is 8.56. The number of imidazole rings is 1. The van der Waals surface area contributed by atoms with Gasteiger partial charge in [0, 0.05) is 25.3 Å². The Labute approximate surface area is 193 Å². The fraction of sp³-hybridized carbons (Fsp3) is 0.217. The second-order valence-corrected chi connectivity index (χ2v) is 7.99. The number of rotatable bonds is 5. The zero-order chi connectivity index (χ0) is 23.7. The van der Waals surface area contributed by atoms with Crippen molar-refractivity contribution >= 4 is 28.9 Å². The van der Waals surface area contributed by atoms with Crippen molar-refractivity contribution in [1.29, 1.82) is 0 Å². The number of carboxylic acid groups (broad SMARTS) is 1. The minimum atomic E-state index is -1.04. The van der Waals surface area contributed by atoms with Crippen LogP contribution in [0.1, 0.15) is 12.8 Å². The number of benzene rings is 1. The molecule has 0 spiro atoms. The molecule has 5 rings (SSSR count). The standard InChI is InChI=1S/C23H21F2N7O2/c24-16-4-1-5-17(25)21(16)18-7-6-15-11-27-22(32(15)30-18)29-19-12-26-9-8-20(19)31-10-2-3-14(13-31)28-23(33)34/h1,4-9,11-12,14,28H,2-3,10,13H2,(H,27,29)(H,33,34)/t14-/m0/s1. The molecule has 3 aromatic heterocycles. The third-order valence-electron chi connectivity index (χ3n) is 5.74. The topological polar surface area (TPSA) is 108 Å². The van der Waals surface area contributed by atoms with Crippen molar-refractivity contribution < 1.29 is 18.7 Å². The van der Waals surface area contributed by atoms with Gasteiger partial charge in [-0.05, 0) is 43.2 Å². The van der Waals surface area contributed by atoms with Gasteiger partial charge in [0.25, 0.3) is 0 Å². The van der Waals surface area contributed by atoms with E-state index in [0.717, 1.165) is 25.1 Å². The Balaban J connectivity index is 1.47. The number of carbonyl (C=O) groups is 1. The monoisotopic (exact) mass is 465 g/mol. The molecule has 0 aliphatic carbocycles. The highest BCUT2D eigenvalue weighted by Crippen LogP contribution is 2.31. The van der Waals surface area contributed by atoms with E-state index < -0.39 is 17.7 Å². The number of halogens is 2. The van der Waals surface area contributed by atoms with Crippen molar-refractivity contribution in [1.82, 2.24) is 24.9 Å². The Morgan fingerprint density at radius 3 is 2.74 bits per heavy atom. The Kier molecular flexibility index (Phi) is 5.66. The molecule has 9 nitrogen and oxygen atoms in total. The van der Waals surface area contributed by atoms with Crippen LogP contribution in [0.2, 0.25) is 0 Å². The van der Waals surface area contributed by atoms with Crippen molar-refractivity contribution in [3.8, 4) is 11.3 Å². The second kappa shape index (κ2) is 8.93. The van der Waals surface area contributed by atoms with Crippen LogP contribution in [0.3, 0.4) is 0 Å². The van der Waals surface area contributed by atoms with Crippen LogP contribution >= 0.6 is 0 Å². The molecular formula is C23H21F2N7O2. The van der Waals surface area contributed by atoms with E-state index in [1.54, 1.807) is 30.7 Å². The lowest BCUT2D eigenvalue weighted by atomic mass is 10.1. The van der Waals surface area contributed by atoms with Gasteiger partial charge in [0.1, 0.15) is 11.6 Å². The minimum Gasteiger partial charge on any atom is -0.465 e. The van der Waals surface area contributed by atoms with E-state index in [9.17, 15) is 13.6 Å². The van der Waals surface area contributed by atoms with Crippen LogP contribution in [0.15, 0.2) is 55.0 Å². The fourth-order valence-electron chi connectivity index (χ4n) is 4.21. The Morgan fingerprint density at radius 2 is 1.94 bits per heavy atom. The number of amides is 1. The van der Waals surface area contributed by atoms with Crippen LogP contribution in [0, 0.1) is 11.6 Å². The molecule has 3 N–H and O–H groups in total. The molecule has 1 aliphatic rings. The van der Waals surface area contributed by atoms with Gasteiger partial charge in [0.2, 0.25) is 5.95 Å². The van der Waals surface area contributed by atoms with Gasteiger partial charge in [-0.25, -0.2) is 18.6 Å². The molecule has 34 heavy (non-hydrogen) atoms. The van der Waals surface area contributed by atoms with E-state index >= 15 is 0 Å². The zero-order valence-corrected chi connectivity index (χ0v) is 17.9. The maximum absolute atomic E-state index is 14.3. The van der Waals surface area contributed by atoms with Gasteiger partial charge in [0.05, 0.1) is 40.5 Å². The van der Waals surface area contributed by atoms with Crippen molar-refractivity contribution in [2.45, 2.75) is 18.9 Å². The van der Waals surface area contributed by atoms with Crippen LogP contribution < -0.4 is 15.5 Å². The third-order valence-corrected chi connectivity index (χ3v) is 5.74. The SMILES string of the molecule is O=C(O)N[C@H]1CCCN(c2ccncc2Nc2ncc3ccc(-c4c(F)cccc4F)nn23)C1. The predicted molar refractivity (Wildman–Crippen MR) is 122 cm³/mol. The molecule has 1 aliphatic heterocycles. The van der Waals surface area contributed by atoms with Gasteiger partial charge in [-0.3, -0.25) is 4.98 Å². The summed E-state index contributed by atoms with van der Waals surface area (Å²) >= 11 is 0. The van der Waals surface area contributed by atoms with Gasteiger partial charge < -0.3 is 20.6 Å². The van der Waals surface area contributed by atoms with Gasteiger partial charge in [-0.15, -0.1) is 0 Å². The van der Waals surface area contributed by atoms with E-state index in [0.29, 0.717) is 23.7 Å². The molecule has 174 valence electrons. The molecule has 1 amide bonds. The Morgan fingerprint density at radius 1 is 1.12 bits per heavy atom. The normalized spacial score (nSPS) is 15.9. The third kappa shape index (κ3) is 4.19. The highest BCUT2D eigenvalue weighted by atomic mass is 19.1. The van der Waals surface area contributed by atoms with Gasteiger partial charge in [-0.1, -0.05) is 6.07 Å². The summed E-state index contributed by atoms with van der Waals surface area (Å²) < 4.78 is 30.1. The summed E-state index contributed by atoms with van der Waals surface area (Å²) in [6.07, 6.45) is 5.46. The van der Waals surface area contributed by atoms with Crippen molar-refractivity contribution in [2.24, 2.45) is 0 Å². The minimum absolute atomic E-state index is 0.133. The smallest absolute Gasteiger partial charge is 0.404 e. The number of pyridine rings is 1. The lowest BCUT2D eigenvalue weighted by Gasteiger charge is -2.35. The molecule has 11 heteroatoms.